The molecule has 9 heteroatoms. The van der Waals surface area contributed by atoms with E-state index >= 15 is 0 Å². The summed E-state index contributed by atoms with van der Waals surface area (Å²) in [5, 5.41) is 11.5. The van der Waals surface area contributed by atoms with Crippen molar-refractivity contribution >= 4 is 27.5 Å². The fourth-order valence-electron chi connectivity index (χ4n) is 2.50. The van der Waals surface area contributed by atoms with Gasteiger partial charge < -0.3 is 15.4 Å². The predicted octanol–water partition coefficient (Wildman–Crippen LogP) is 2.53. The van der Waals surface area contributed by atoms with E-state index < -0.39 is 10.0 Å². The fraction of sp³-hybridized carbons (Fsp3) is 0.158. The van der Waals surface area contributed by atoms with Crippen LogP contribution in [0.15, 0.2) is 65.7 Å². The van der Waals surface area contributed by atoms with Crippen molar-refractivity contribution in [1.29, 1.82) is 0 Å². The molecule has 0 bridgehead atoms. The van der Waals surface area contributed by atoms with Gasteiger partial charge in [0.2, 0.25) is 16.0 Å². The molecule has 0 unspecified atom stereocenters. The Morgan fingerprint density at radius 3 is 2.39 bits per heavy atom. The average molecular weight is 399 g/mol. The molecule has 0 radical (unpaired) electrons. The smallest absolute Gasteiger partial charge is 0.238 e. The molecule has 2 aromatic carbocycles. The number of nitrogens with zero attached hydrogens (tertiary/aromatic N) is 2. The van der Waals surface area contributed by atoms with Crippen LogP contribution >= 0.6 is 0 Å². The van der Waals surface area contributed by atoms with Gasteiger partial charge in [-0.25, -0.2) is 18.5 Å². The van der Waals surface area contributed by atoms with Crippen LogP contribution in [0, 0.1) is 0 Å². The fourth-order valence-corrected chi connectivity index (χ4v) is 3.02. The summed E-state index contributed by atoms with van der Waals surface area (Å²) in [6.45, 7) is 0.633. The molecule has 146 valence electrons. The third kappa shape index (κ3) is 5.41. The molecule has 1 aromatic heterocycles. The zero-order valence-corrected chi connectivity index (χ0v) is 16.1. The SMILES string of the molecule is COc1ccc(Nc2nccc(NCCc3ccc(S(N)(=O)=O)cc3)n2)cc1. The van der Waals surface area contributed by atoms with Gasteiger partial charge in [-0.1, -0.05) is 12.1 Å². The van der Waals surface area contributed by atoms with Crippen LogP contribution in [0.5, 0.6) is 5.75 Å². The third-order valence-corrected chi connectivity index (χ3v) is 4.90. The molecule has 3 rings (SSSR count). The second kappa shape index (κ2) is 8.68. The quantitative estimate of drug-likeness (QED) is 0.532. The minimum absolute atomic E-state index is 0.106. The number of ether oxygens (including phenoxy) is 1. The van der Waals surface area contributed by atoms with E-state index in [1.807, 2.05) is 24.3 Å². The van der Waals surface area contributed by atoms with Crippen molar-refractivity contribution in [3.8, 4) is 5.75 Å². The normalized spacial score (nSPS) is 11.1. The van der Waals surface area contributed by atoms with Gasteiger partial charge in [-0.2, -0.15) is 4.98 Å². The van der Waals surface area contributed by atoms with Crippen molar-refractivity contribution in [2.45, 2.75) is 11.3 Å². The van der Waals surface area contributed by atoms with Crippen molar-refractivity contribution in [3.63, 3.8) is 0 Å². The minimum Gasteiger partial charge on any atom is -0.497 e. The number of nitrogens with two attached hydrogens (primary N) is 1. The Hall–Kier alpha value is -3.17. The zero-order valence-electron chi connectivity index (χ0n) is 15.3. The van der Waals surface area contributed by atoms with E-state index in [0.717, 1.165) is 17.0 Å². The lowest BCUT2D eigenvalue weighted by Crippen LogP contribution is -2.12. The summed E-state index contributed by atoms with van der Waals surface area (Å²) in [4.78, 5) is 8.75. The molecule has 0 saturated heterocycles. The van der Waals surface area contributed by atoms with Crippen LogP contribution in [0.25, 0.3) is 0 Å². The Morgan fingerprint density at radius 2 is 1.75 bits per heavy atom. The van der Waals surface area contributed by atoms with Crippen molar-refractivity contribution in [3.05, 3.63) is 66.4 Å². The maximum atomic E-state index is 11.3. The van der Waals surface area contributed by atoms with Crippen molar-refractivity contribution < 1.29 is 13.2 Å². The molecule has 0 aliphatic rings. The highest BCUT2D eigenvalue weighted by Crippen LogP contribution is 2.18. The molecule has 4 N–H and O–H groups in total. The number of hydrogen-bond donors (Lipinski definition) is 3. The molecule has 0 saturated carbocycles. The second-order valence-corrected chi connectivity index (χ2v) is 7.55. The van der Waals surface area contributed by atoms with Gasteiger partial charge >= 0.3 is 0 Å². The number of nitrogens with one attached hydrogen (secondary N) is 2. The number of sulfonamides is 1. The monoisotopic (exact) mass is 399 g/mol. The first-order valence-corrected chi connectivity index (χ1v) is 10.1. The van der Waals surface area contributed by atoms with Gasteiger partial charge in [-0.3, -0.25) is 0 Å². The van der Waals surface area contributed by atoms with Crippen LogP contribution < -0.4 is 20.5 Å². The summed E-state index contributed by atoms with van der Waals surface area (Å²) in [6.07, 6.45) is 2.37. The molecule has 0 atom stereocenters. The number of benzene rings is 2. The molecule has 3 aromatic rings. The lowest BCUT2D eigenvalue weighted by molar-refractivity contribution is 0.415. The standard InChI is InChI=1S/C19H21N5O3S/c1-27-16-6-4-15(5-7-16)23-19-22-13-11-18(24-19)21-12-10-14-2-8-17(9-3-14)28(20,25)26/h2-9,11,13H,10,12H2,1H3,(H2,20,25,26)(H2,21,22,23,24). The first-order valence-electron chi connectivity index (χ1n) is 8.54. The van der Waals surface area contributed by atoms with Crippen LogP contribution in [-0.2, 0) is 16.4 Å². The molecule has 0 spiro atoms. The molecule has 0 fully saturated rings. The molecule has 0 amide bonds. The van der Waals surface area contributed by atoms with Gasteiger partial charge in [0, 0.05) is 18.4 Å². The van der Waals surface area contributed by atoms with E-state index in [4.69, 9.17) is 9.88 Å². The highest BCUT2D eigenvalue weighted by Gasteiger charge is 2.06. The number of primary sulfonamides is 1. The molecule has 8 nitrogen and oxygen atoms in total. The lowest BCUT2D eigenvalue weighted by atomic mass is 10.1. The van der Waals surface area contributed by atoms with E-state index in [1.165, 1.54) is 12.1 Å². The van der Waals surface area contributed by atoms with Gasteiger partial charge in [0.25, 0.3) is 0 Å². The Bertz CT molecular complexity index is 1020. The maximum Gasteiger partial charge on any atom is 0.238 e. The maximum absolute atomic E-state index is 11.3. The first kappa shape index (κ1) is 19.6. The van der Waals surface area contributed by atoms with Crippen LogP contribution in [0.1, 0.15) is 5.56 Å². The van der Waals surface area contributed by atoms with E-state index in [0.29, 0.717) is 24.7 Å². The number of hydrogen-bond acceptors (Lipinski definition) is 7. The first-order chi connectivity index (χ1) is 13.4. The topological polar surface area (TPSA) is 119 Å². The number of methoxy groups -OCH3 is 1. The average Bonchev–Trinajstić information content (AvgIpc) is 2.69. The summed E-state index contributed by atoms with van der Waals surface area (Å²) in [5.41, 5.74) is 1.85. The van der Waals surface area contributed by atoms with Gasteiger partial charge in [0.15, 0.2) is 0 Å². The second-order valence-electron chi connectivity index (χ2n) is 5.98. The number of rotatable bonds is 8. The third-order valence-electron chi connectivity index (χ3n) is 3.97. The Labute approximate surface area is 163 Å². The summed E-state index contributed by atoms with van der Waals surface area (Å²) < 4.78 is 27.7. The minimum atomic E-state index is -3.66. The van der Waals surface area contributed by atoms with E-state index in [2.05, 4.69) is 20.6 Å². The highest BCUT2D eigenvalue weighted by atomic mass is 32.2. The molecule has 0 aliphatic carbocycles. The van der Waals surface area contributed by atoms with Crippen molar-refractivity contribution in [1.82, 2.24) is 9.97 Å². The van der Waals surface area contributed by atoms with Crippen LogP contribution in [-0.4, -0.2) is 32.0 Å². The molecular weight excluding hydrogens is 378 g/mol. The summed E-state index contributed by atoms with van der Waals surface area (Å²) in [6, 6.07) is 15.8. The summed E-state index contributed by atoms with van der Waals surface area (Å²) in [5.74, 6) is 1.94. The molecule has 0 aliphatic heterocycles. The summed E-state index contributed by atoms with van der Waals surface area (Å²) in [7, 11) is -2.04. The van der Waals surface area contributed by atoms with Gasteiger partial charge in [-0.15, -0.1) is 0 Å². The molecule has 1 heterocycles. The molecular formula is C19H21N5O3S. The largest absolute Gasteiger partial charge is 0.497 e. The van der Waals surface area contributed by atoms with Crippen LogP contribution in [0.2, 0.25) is 0 Å². The Morgan fingerprint density at radius 1 is 1.04 bits per heavy atom. The van der Waals surface area contributed by atoms with Gasteiger partial charge in [0.1, 0.15) is 11.6 Å². The highest BCUT2D eigenvalue weighted by molar-refractivity contribution is 7.89. The van der Waals surface area contributed by atoms with Gasteiger partial charge in [0.05, 0.1) is 12.0 Å². The lowest BCUT2D eigenvalue weighted by Gasteiger charge is -2.09. The number of aromatic nitrogens is 2. The molecule has 28 heavy (non-hydrogen) atoms. The van der Waals surface area contributed by atoms with Crippen molar-refractivity contribution in [2.75, 3.05) is 24.3 Å². The number of anilines is 3. The summed E-state index contributed by atoms with van der Waals surface area (Å²) >= 11 is 0. The van der Waals surface area contributed by atoms with Gasteiger partial charge in [-0.05, 0) is 54.4 Å². The van der Waals surface area contributed by atoms with Crippen LogP contribution in [0.3, 0.4) is 0 Å². The van der Waals surface area contributed by atoms with E-state index in [9.17, 15) is 8.42 Å². The Balaban J connectivity index is 1.55. The van der Waals surface area contributed by atoms with Crippen molar-refractivity contribution in [2.24, 2.45) is 5.14 Å². The Kier molecular flexibility index (Phi) is 6.07. The zero-order chi connectivity index (χ0) is 20.0. The van der Waals surface area contributed by atoms with Crippen LogP contribution in [0.4, 0.5) is 17.5 Å². The van der Waals surface area contributed by atoms with E-state index in [1.54, 1.807) is 31.5 Å². The van der Waals surface area contributed by atoms with E-state index in [-0.39, 0.29) is 4.90 Å². The predicted molar refractivity (Wildman–Crippen MR) is 108 cm³/mol.